The summed E-state index contributed by atoms with van der Waals surface area (Å²) in [5, 5.41) is 20.5. The van der Waals surface area contributed by atoms with Crippen molar-refractivity contribution in [2.75, 3.05) is 5.73 Å². The van der Waals surface area contributed by atoms with Gasteiger partial charge in [-0.1, -0.05) is 0 Å². The van der Waals surface area contributed by atoms with E-state index in [-0.39, 0.29) is 11.4 Å². The predicted molar refractivity (Wildman–Crippen MR) is 58.3 cm³/mol. The molecule has 0 aliphatic rings. The maximum atomic E-state index is 10.3. The van der Waals surface area contributed by atoms with E-state index >= 15 is 0 Å². The van der Waals surface area contributed by atoms with Gasteiger partial charge >= 0.3 is 10.4 Å². The standard InChI is InChI=1S/C6H5N3O4.H2O4S/c7-5-2-1-4(8(10)11)3-6(5)9(12)13;1-5(2,3)4/h1-3H,7H2;(H2,1,2,3,4). The molecule has 0 aliphatic carbocycles. The highest BCUT2D eigenvalue weighted by Crippen LogP contribution is 2.25. The molecule has 1 aromatic rings. The molecule has 0 saturated carbocycles. The lowest BCUT2D eigenvalue weighted by Gasteiger charge is -1.95. The summed E-state index contributed by atoms with van der Waals surface area (Å²) in [5.41, 5.74) is 4.34. The van der Waals surface area contributed by atoms with Gasteiger partial charge in [0.1, 0.15) is 5.69 Å². The van der Waals surface area contributed by atoms with Gasteiger partial charge in [0.2, 0.25) is 0 Å². The van der Waals surface area contributed by atoms with E-state index < -0.39 is 25.9 Å². The van der Waals surface area contributed by atoms with Gasteiger partial charge in [-0.25, -0.2) is 0 Å². The fraction of sp³-hybridized carbons (Fsp3) is 0. The first-order valence-corrected chi connectivity index (χ1v) is 5.30. The van der Waals surface area contributed by atoms with Gasteiger partial charge in [-0.15, -0.1) is 0 Å². The maximum Gasteiger partial charge on any atom is 0.394 e. The molecule has 0 atom stereocenters. The molecule has 1 rings (SSSR count). The zero-order valence-electron chi connectivity index (χ0n) is 8.46. The minimum absolute atomic E-state index is 0.0874. The van der Waals surface area contributed by atoms with Crippen LogP contribution in [0.3, 0.4) is 0 Å². The Morgan fingerprint density at radius 1 is 1.11 bits per heavy atom. The third-order valence-corrected chi connectivity index (χ3v) is 1.42. The van der Waals surface area contributed by atoms with Gasteiger partial charge in [-0.3, -0.25) is 29.3 Å². The van der Waals surface area contributed by atoms with Crippen LogP contribution >= 0.6 is 0 Å². The molecule has 0 aromatic heterocycles. The molecule has 4 N–H and O–H groups in total. The average molecular weight is 281 g/mol. The summed E-state index contributed by atoms with van der Waals surface area (Å²) in [7, 11) is -4.67. The van der Waals surface area contributed by atoms with E-state index in [2.05, 4.69) is 0 Å². The highest BCUT2D eigenvalue weighted by atomic mass is 32.3. The number of non-ortho nitro benzene ring substituents is 1. The third-order valence-electron chi connectivity index (χ3n) is 1.42. The lowest BCUT2D eigenvalue weighted by molar-refractivity contribution is -0.393. The smallest absolute Gasteiger partial charge is 0.393 e. The van der Waals surface area contributed by atoms with Crippen molar-refractivity contribution in [2.24, 2.45) is 0 Å². The minimum atomic E-state index is -4.67. The molecule has 100 valence electrons. The van der Waals surface area contributed by atoms with E-state index in [1.807, 2.05) is 0 Å². The van der Waals surface area contributed by atoms with E-state index in [1.54, 1.807) is 0 Å². The largest absolute Gasteiger partial charge is 0.394 e. The van der Waals surface area contributed by atoms with Crippen molar-refractivity contribution in [3.8, 4) is 0 Å². The van der Waals surface area contributed by atoms with E-state index in [4.69, 9.17) is 23.3 Å². The summed E-state index contributed by atoms with van der Waals surface area (Å²) >= 11 is 0. The van der Waals surface area contributed by atoms with Crippen molar-refractivity contribution in [1.82, 2.24) is 0 Å². The minimum Gasteiger partial charge on any atom is -0.393 e. The number of nitrogens with zero attached hydrogens (tertiary/aromatic N) is 2. The van der Waals surface area contributed by atoms with Gasteiger partial charge in [0.15, 0.2) is 0 Å². The first-order valence-electron chi connectivity index (χ1n) is 3.90. The molecule has 0 unspecified atom stereocenters. The summed E-state index contributed by atoms with van der Waals surface area (Å²) in [5.74, 6) is 0. The molecule has 0 bridgehead atoms. The second kappa shape index (κ2) is 5.85. The van der Waals surface area contributed by atoms with Crippen LogP contribution in [0.2, 0.25) is 0 Å². The molecule has 18 heavy (non-hydrogen) atoms. The first kappa shape index (κ1) is 15.7. The van der Waals surface area contributed by atoms with Crippen molar-refractivity contribution in [2.45, 2.75) is 0 Å². The molecule has 0 amide bonds. The van der Waals surface area contributed by atoms with Crippen LogP contribution in [0, 0.1) is 20.2 Å². The number of anilines is 1. The Hall–Kier alpha value is -2.31. The first-order chi connectivity index (χ1) is 8.02. The Morgan fingerprint density at radius 3 is 1.89 bits per heavy atom. The van der Waals surface area contributed by atoms with Crippen LogP contribution < -0.4 is 5.73 Å². The summed E-state index contributed by atoms with van der Waals surface area (Å²) in [4.78, 5) is 19.1. The molecule has 1 aromatic carbocycles. The quantitative estimate of drug-likeness (QED) is 0.299. The van der Waals surface area contributed by atoms with Gasteiger partial charge in [0, 0.05) is 6.07 Å². The average Bonchev–Trinajstić information content (AvgIpc) is 2.14. The van der Waals surface area contributed by atoms with Crippen LogP contribution in [-0.4, -0.2) is 27.4 Å². The molecule has 12 heteroatoms. The van der Waals surface area contributed by atoms with Crippen molar-refractivity contribution in [3.63, 3.8) is 0 Å². The van der Waals surface area contributed by atoms with Crippen molar-refractivity contribution in [1.29, 1.82) is 0 Å². The zero-order chi connectivity index (χ0) is 14.5. The van der Waals surface area contributed by atoms with E-state index in [0.29, 0.717) is 0 Å². The highest BCUT2D eigenvalue weighted by molar-refractivity contribution is 7.79. The topological polar surface area (TPSA) is 187 Å². The Bertz CT molecular complexity index is 560. The number of rotatable bonds is 2. The van der Waals surface area contributed by atoms with E-state index in [9.17, 15) is 20.2 Å². The molecule has 0 heterocycles. The fourth-order valence-electron chi connectivity index (χ4n) is 0.804. The molecule has 0 saturated heterocycles. The van der Waals surface area contributed by atoms with Crippen LogP contribution in [0.25, 0.3) is 0 Å². The molecule has 11 nitrogen and oxygen atoms in total. The number of nitro groups is 2. The molecular weight excluding hydrogens is 274 g/mol. The fourth-order valence-corrected chi connectivity index (χ4v) is 0.804. The van der Waals surface area contributed by atoms with Gasteiger partial charge in [-0.05, 0) is 6.07 Å². The lowest BCUT2D eigenvalue weighted by Crippen LogP contribution is -1.97. The van der Waals surface area contributed by atoms with Crippen molar-refractivity contribution in [3.05, 3.63) is 38.4 Å². The number of hydrogen-bond donors (Lipinski definition) is 3. The van der Waals surface area contributed by atoms with E-state index in [0.717, 1.165) is 18.2 Å². The van der Waals surface area contributed by atoms with E-state index in [1.165, 1.54) is 0 Å². The molecule has 0 radical (unpaired) electrons. The number of nitrogens with two attached hydrogens (primary N) is 1. The second-order valence-corrected chi connectivity index (χ2v) is 3.60. The lowest BCUT2D eigenvalue weighted by atomic mass is 10.2. The number of benzene rings is 1. The van der Waals surface area contributed by atoms with Gasteiger partial charge < -0.3 is 5.73 Å². The normalized spacial score (nSPS) is 10.1. The van der Waals surface area contributed by atoms with Gasteiger partial charge in [0.05, 0.1) is 15.9 Å². The van der Waals surface area contributed by atoms with Crippen molar-refractivity contribution < 1.29 is 27.4 Å². The molecule has 0 spiro atoms. The Morgan fingerprint density at radius 2 is 1.56 bits per heavy atom. The summed E-state index contributed by atoms with van der Waals surface area (Å²) in [6.45, 7) is 0. The zero-order valence-corrected chi connectivity index (χ0v) is 9.27. The van der Waals surface area contributed by atoms with Crippen LogP contribution in [0.5, 0.6) is 0 Å². The maximum absolute atomic E-state index is 10.3. The number of nitro benzene ring substituents is 2. The third kappa shape index (κ3) is 6.31. The Balaban J connectivity index is 0.000000494. The van der Waals surface area contributed by atoms with Crippen LogP contribution in [0.1, 0.15) is 0 Å². The Labute approximate surface area is 99.7 Å². The van der Waals surface area contributed by atoms with Crippen LogP contribution in [-0.2, 0) is 10.4 Å². The van der Waals surface area contributed by atoms with Gasteiger partial charge in [0.25, 0.3) is 11.4 Å². The highest BCUT2D eigenvalue weighted by Gasteiger charge is 2.16. The molecule has 0 fully saturated rings. The molecule has 0 aliphatic heterocycles. The summed E-state index contributed by atoms with van der Waals surface area (Å²) in [6, 6.07) is 3.08. The second-order valence-electron chi connectivity index (χ2n) is 2.71. The number of hydrogen-bond acceptors (Lipinski definition) is 7. The summed E-state index contributed by atoms with van der Waals surface area (Å²) < 4.78 is 31.6. The summed E-state index contributed by atoms with van der Waals surface area (Å²) in [6.07, 6.45) is 0. The predicted octanol–water partition coefficient (Wildman–Crippen LogP) is 0.432. The van der Waals surface area contributed by atoms with Crippen molar-refractivity contribution >= 4 is 27.5 Å². The number of nitrogen functional groups attached to an aromatic ring is 1. The van der Waals surface area contributed by atoms with Crippen LogP contribution in [0.4, 0.5) is 17.1 Å². The monoisotopic (exact) mass is 281 g/mol. The molecular formula is C6H7N3O8S. The Kier molecular flexibility index (Phi) is 5.10. The van der Waals surface area contributed by atoms with Gasteiger partial charge in [-0.2, -0.15) is 8.42 Å². The van der Waals surface area contributed by atoms with Crippen LogP contribution in [0.15, 0.2) is 18.2 Å². The SMILES string of the molecule is Nc1ccc([N+](=O)[O-])cc1[N+](=O)[O-].O=S(=O)(O)O.